The Bertz CT molecular complexity index is 1000. The van der Waals surface area contributed by atoms with Gasteiger partial charge in [-0.05, 0) is 30.5 Å². The molecule has 0 fully saturated rings. The Kier molecular flexibility index (Phi) is 4.60. The lowest BCUT2D eigenvalue weighted by molar-refractivity contribution is -0.144. The summed E-state index contributed by atoms with van der Waals surface area (Å²) in [4.78, 5) is 13.7. The highest BCUT2D eigenvalue weighted by atomic mass is 19.4. The van der Waals surface area contributed by atoms with E-state index in [1.807, 2.05) is 6.20 Å². The molecule has 0 bridgehead atoms. The molecule has 9 heteroatoms. The molecule has 4 rings (SSSR count). The number of nitrogens with zero attached hydrogens (tertiary/aromatic N) is 5. The van der Waals surface area contributed by atoms with Crippen molar-refractivity contribution >= 4 is 16.7 Å². The van der Waals surface area contributed by atoms with E-state index in [-0.39, 0.29) is 17.3 Å². The number of aromatic nitrogens is 4. The highest BCUT2D eigenvalue weighted by Gasteiger charge is 2.36. The van der Waals surface area contributed by atoms with Gasteiger partial charge < -0.3 is 14.2 Å². The fourth-order valence-electron chi connectivity index (χ4n) is 3.68. The van der Waals surface area contributed by atoms with Gasteiger partial charge in [0.15, 0.2) is 0 Å². The van der Waals surface area contributed by atoms with Gasteiger partial charge in [0.05, 0.1) is 12.6 Å². The first-order chi connectivity index (χ1) is 13.3. The zero-order valence-corrected chi connectivity index (χ0v) is 15.6. The molecule has 3 heterocycles. The number of benzene rings is 1. The summed E-state index contributed by atoms with van der Waals surface area (Å²) < 4.78 is 47.3. The third kappa shape index (κ3) is 3.48. The number of methoxy groups -OCH3 is 1. The van der Waals surface area contributed by atoms with Crippen LogP contribution in [0.15, 0.2) is 30.6 Å². The van der Waals surface area contributed by atoms with Crippen molar-refractivity contribution in [3.8, 4) is 5.75 Å². The van der Waals surface area contributed by atoms with Gasteiger partial charge in [-0.15, -0.1) is 0 Å². The molecular formula is C19H20F3N5O. The Labute approximate surface area is 160 Å². The number of halogens is 3. The molecule has 1 aromatic carbocycles. The minimum Gasteiger partial charge on any atom is -0.497 e. The Morgan fingerprint density at radius 2 is 2.11 bits per heavy atom. The highest BCUT2D eigenvalue weighted by Crippen LogP contribution is 2.33. The average Bonchev–Trinajstić information content (AvgIpc) is 3.13. The van der Waals surface area contributed by atoms with Crippen molar-refractivity contribution in [3.05, 3.63) is 42.2 Å². The van der Waals surface area contributed by atoms with Gasteiger partial charge in [0.2, 0.25) is 5.82 Å². The summed E-state index contributed by atoms with van der Waals surface area (Å²) >= 11 is 0. The molecule has 1 aliphatic rings. The number of anilines is 1. The second-order valence-corrected chi connectivity index (χ2v) is 7.03. The lowest BCUT2D eigenvalue weighted by Gasteiger charge is -2.29. The van der Waals surface area contributed by atoms with Crippen molar-refractivity contribution in [1.29, 1.82) is 0 Å². The molecule has 1 atom stereocenters. The van der Waals surface area contributed by atoms with Gasteiger partial charge in [-0.1, -0.05) is 0 Å². The average molecular weight is 391 g/mol. The van der Waals surface area contributed by atoms with Crippen molar-refractivity contribution in [2.75, 3.05) is 25.6 Å². The molecule has 1 aliphatic heterocycles. The van der Waals surface area contributed by atoms with Crippen LogP contribution in [0.25, 0.3) is 10.9 Å². The molecule has 0 saturated heterocycles. The smallest absolute Gasteiger partial charge is 0.451 e. The monoisotopic (exact) mass is 391 g/mol. The molecule has 0 spiro atoms. The van der Waals surface area contributed by atoms with Crippen LogP contribution in [0.3, 0.4) is 0 Å². The summed E-state index contributed by atoms with van der Waals surface area (Å²) in [6.07, 6.45) is 0.845. The topological polar surface area (TPSA) is 56.1 Å². The molecule has 28 heavy (non-hydrogen) atoms. The van der Waals surface area contributed by atoms with Crippen molar-refractivity contribution < 1.29 is 17.9 Å². The molecule has 1 unspecified atom stereocenters. The zero-order valence-electron chi connectivity index (χ0n) is 15.6. The van der Waals surface area contributed by atoms with E-state index < -0.39 is 12.0 Å². The molecule has 0 saturated carbocycles. The van der Waals surface area contributed by atoms with Crippen molar-refractivity contribution in [2.45, 2.75) is 25.6 Å². The summed E-state index contributed by atoms with van der Waals surface area (Å²) in [7, 11) is 3.28. The van der Waals surface area contributed by atoms with E-state index in [4.69, 9.17) is 4.74 Å². The number of fused-ring (bicyclic) bond motifs is 2. The molecule has 148 valence electrons. The first-order valence-electron chi connectivity index (χ1n) is 8.99. The van der Waals surface area contributed by atoms with Crippen LogP contribution >= 0.6 is 0 Å². The van der Waals surface area contributed by atoms with E-state index in [0.717, 1.165) is 25.2 Å². The second kappa shape index (κ2) is 6.96. The molecule has 0 amide bonds. The lowest BCUT2D eigenvalue weighted by atomic mass is 9.97. The van der Waals surface area contributed by atoms with E-state index in [2.05, 4.69) is 19.5 Å². The fourth-order valence-corrected chi connectivity index (χ4v) is 3.68. The van der Waals surface area contributed by atoms with Crippen LogP contribution in [0.1, 0.15) is 18.1 Å². The second-order valence-electron chi connectivity index (χ2n) is 7.03. The van der Waals surface area contributed by atoms with Crippen LogP contribution in [0.5, 0.6) is 5.75 Å². The van der Waals surface area contributed by atoms with Crippen LogP contribution in [0.2, 0.25) is 0 Å². The Morgan fingerprint density at radius 1 is 1.29 bits per heavy atom. The van der Waals surface area contributed by atoms with Crippen LogP contribution < -0.4 is 9.64 Å². The third-order valence-corrected chi connectivity index (χ3v) is 5.08. The Morgan fingerprint density at radius 3 is 2.86 bits per heavy atom. The van der Waals surface area contributed by atoms with Crippen molar-refractivity contribution in [1.82, 2.24) is 19.5 Å². The third-order valence-electron chi connectivity index (χ3n) is 5.08. The number of aryl methyl sites for hydroxylation is 1. The molecule has 2 aromatic heterocycles. The SMILES string of the molecule is COc1ccc2nc(C(F)(F)F)nc(N(C)CC3CCn4ccnc4C3)c2c1. The largest absolute Gasteiger partial charge is 0.497 e. The fraction of sp³-hybridized carbons (Fsp3) is 0.421. The van der Waals surface area contributed by atoms with Crippen LogP contribution in [-0.2, 0) is 19.1 Å². The summed E-state index contributed by atoms with van der Waals surface area (Å²) in [5.74, 6) is 0.959. The number of hydrogen-bond donors (Lipinski definition) is 0. The first kappa shape index (κ1) is 18.5. The summed E-state index contributed by atoms with van der Waals surface area (Å²) in [6.45, 7) is 1.44. The van der Waals surface area contributed by atoms with Gasteiger partial charge in [-0.2, -0.15) is 13.2 Å². The summed E-state index contributed by atoms with van der Waals surface area (Å²) in [5, 5.41) is 0.534. The van der Waals surface area contributed by atoms with Gasteiger partial charge in [0.25, 0.3) is 0 Å². The van der Waals surface area contributed by atoms with E-state index >= 15 is 0 Å². The number of hydrogen-bond acceptors (Lipinski definition) is 5. The number of ether oxygens (including phenoxy) is 1. The van der Waals surface area contributed by atoms with Crippen LogP contribution in [0.4, 0.5) is 19.0 Å². The molecular weight excluding hydrogens is 371 g/mol. The number of imidazole rings is 1. The normalized spacial score (nSPS) is 16.8. The maximum Gasteiger partial charge on any atom is 0.451 e. The predicted molar refractivity (Wildman–Crippen MR) is 98.4 cm³/mol. The summed E-state index contributed by atoms with van der Waals surface area (Å²) in [5.41, 5.74) is 0.240. The van der Waals surface area contributed by atoms with Gasteiger partial charge in [-0.25, -0.2) is 15.0 Å². The Hall–Kier alpha value is -2.84. The molecule has 0 radical (unpaired) electrons. The predicted octanol–water partition coefficient (Wildman–Crippen LogP) is 3.55. The van der Waals surface area contributed by atoms with Gasteiger partial charge in [-0.3, -0.25) is 0 Å². The van der Waals surface area contributed by atoms with Crippen LogP contribution in [0, 0.1) is 5.92 Å². The van der Waals surface area contributed by atoms with Crippen molar-refractivity contribution in [2.24, 2.45) is 5.92 Å². The quantitative estimate of drug-likeness (QED) is 0.681. The Balaban J connectivity index is 1.69. The number of rotatable bonds is 4. The molecule has 6 nitrogen and oxygen atoms in total. The number of alkyl halides is 3. The minimum atomic E-state index is -4.61. The van der Waals surface area contributed by atoms with E-state index in [1.165, 1.54) is 13.2 Å². The van der Waals surface area contributed by atoms with E-state index in [9.17, 15) is 13.2 Å². The van der Waals surface area contributed by atoms with Gasteiger partial charge >= 0.3 is 6.18 Å². The summed E-state index contributed by atoms with van der Waals surface area (Å²) in [6, 6.07) is 4.80. The van der Waals surface area contributed by atoms with Crippen molar-refractivity contribution in [3.63, 3.8) is 0 Å². The highest BCUT2D eigenvalue weighted by molar-refractivity contribution is 5.90. The minimum absolute atomic E-state index is 0.240. The lowest BCUT2D eigenvalue weighted by Crippen LogP contribution is -2.32. The van der Waals surface area contributed by atoms with E-state index in [1.54, 1.807) is 30.3 Å². The van der Waals surface area contributed by atoms with Gasteiger partial charge in [0.1, 0.15) is 17.4 Å². The molecule has 0 N–H and O–H groups in total. The molecule has 3 aromatic rings. The van der Waals surface area contributed by atoms with Crippen LogP contribution in [-0.4, -0.2) is 40.2 Å². The molecule has 0 aliphatic carbocycles. The first-order valence-corrected chi connectivity index (χ1v) is 8.99. The standard InChI is InChI=1S/C19H20F3N5O/c1-26(11-12-5-7-27-8-6-23-16(27)9-12)17-14-10-13(28-2)3-4-15(14)24-18(25-17)19(20,21)22/h3-4,6,8,10,12H,5,7,9,11H2,1-2H3. The maximum absolute atomic E-state index is 13.3. The van der Waals surface area contributed by atoms with E-state index in [0.29, 0.717) is 17.7 Å². The maximum atomic E-state index is 13.3. The van der Waals surface area contributed by atoms with Gasteiger partial charge in [0, 0.05) is 44.3 Å². The zero-order chi connectivity index (χ0) is 19.9.